The number of imide groups is 1. The van der Waals surface area contributed by atoms with Crippen LogP contribution >= 0.6 is 0 Å². The minimum absolute atomic E-state index is 0.00202. The number of nitrogens with two attached hydrogens (primary N) is 2. The molecule has 0 saturated heterocycles. The number of nitrogens with zero attached hydrogens (tertiary/aromatic N) is 5. The Morgan fingerprint density at radius 3 is 2.19 bits per heavy atom. The van der Waals surface area contributed by atoms with Crippen LogP contribution in [0.4, 0.5) is 22.2 Å². The van der Waals surface area contributed by atoms with Crippen molar-refractivity contribution in [3.05, 3.63) is 76.6 Å². The number of hydrazine groups is 1. The van der Waals surface area contributed by atoms with Crippen LogP contribution in [-0.2, 0) is 35.1 Å². The number of nitrogens with one attached hydrogen (secondary N) is 5. The number of alkyl carbamates (subject to hydrolysis) is 1. The first-order valence-electron chi connectivity index (χ1n) is 20.1. The van der Waals surface area contributed by atoms with Crippen LogP contribution in [0.3, 0.4) is 0 Å². The summed E-state index contributed by atoms with van der Waals surface area (Å²) in [6, 6.07) is 8.21. The van der Waals surface area contributed by atoms with E-state index in [9.17, 15) is 38.4 Å². The van der Waals surface area contributed by atoms with Gasteiger partial charge in [-0.2, -0.15) is 9.97 Å². The molecule has 0 spiro atoms. The van der Waals surface area contributed by atoms with Crippen molar-refractivity contribution in [2.24, 2.45) is 5.92 Å². The van der Waals surface area contributed by atoms with Gasteiger partial charge >= 0.3 is 12.1 Å². The number of benzene rings is 2. The van der Waals surface area contributed by atoms with Crippen molar-refractivity contribution in [1.29, 1.82) is 0 Å². The molecule has 338 valence electrons. The number of anilines is 3. The molecule has 0 saturated carbocycles. The van der Waals surface area contributed by atoms with E-state index < -0.39 is 71.1 Å². The van der Waals surface area contributed by atoms with Crippen LogP contribution in [0.25, 0.3) is 11.2 Å². The van der Waals surface area contributed by atoms with E-state index in [4.69, 9.17) is 20.9 Å². The summed E-state index contributed by atoms with van der Waals surface area (Å²) in [7, 11) is 1.23. The van der Waals surface area contributed by atoms with Crippen molar-refractivity contribution in [3.63, 3.8) is 0 Å². The number of aromatic nitrogens is 4. The Bertz CT molecular complexity index is 2490. The summed E-state index contributed by atoms with van der Waals surface area (Å²) in [6.07, 6.45) is 0.651. The standard InChI is InChI=1S/C42H50N12O10/c1-20(2)30(49-41(62)64-42(4,5)6)36(58)46-21(3)34(56)48-24-14-15-27-28(17-24)38(60)54(37(27)59)16-8-9-26(39(61)63-7)22-10-12-23(13-11-22)35(57)53-52-29(55)18-25-19-45-33-31(47-25)32(43)50-40(44)51-33/h10-15,17,19-21,26,30H,8-9,16,18H2,1-7H3,(H,46,58)(H,48,56)(H,49,62)(H,52,55)(H,53,57)(H4,43,44,45,50,51)/t21-,26-,30-/m0/s1. The van der Waals surface area contributed by atoms with Gasteiger partial charge in [0.2, 0.25) is 23.7 Å². The number of ether oxygens (including phenoxy) is 2. The fourth-order valence-electron chi connectivity index (χ4n) is 6.52. The molecule has 22 nitrogen and oxygen atoms in total. The van der Waals surface area contributed by atoms with Gasteiger partial charge in [-0.1, -0.05) is 26.0 Å². The van der Waals surface area contributed by atoms with Gasteiger partial charge in [-0.25, -0.2) is 14.8 Å². The highest BCUT2D eigenvalue weighted by atomic mass is 16.6. The minimum atomic E-state index is -1.05. The molecule has 7 amide bonds. The van der Waals surface area contributed by atoms with Gasteiger partial charge in [-0.15, -0.1) is 0 Å². The third-order valence-electron chi connectivity index (χ3n) is 9.71. The second-order valence-corrected chi connectivity index (χ2v) is 16.1. The van der Waals surface area contributed by atoms with Crippen LogP contribution in [0.2, 0.25) is 0 Å². The predicted molar refractivity (Wildman–Crippen MR) is 230 cm³/mol. The molecule has 1 aliphatic rings. The van der Waals surface area contributed by atoms with Crippen molar-refractivity contribution < 1.29 is 47.8 Å². The Morgan fingerprint density at radius 2 is 1.53 bits per heavy atom. The molecule has 64 heavy (non-hydrogen) atoms. The van der Waals surface area contributed by atoms with E-state index in [2.05, 4.69) is 46.7 Å². The zero-order chi connectivity index (χ0) is 47.0. The molecule has 3 heterocycles. The van der Waals surface area contributed by atoms with Gasteiger partial charge in [-0.05, 0) is 82.3 Å². The first-order chi connectivity index (χ1) is 30.1. The van der Waals surface area contributed by atoms with Gasteiger partial charge in [-0.3, -0.25) is 49.3 Å². The van der Waals surface area contributed by atoms with Crippen molar-refractivity contribution >= 4 is 76.1 Å². The SMILES string of the molecule is COC(=O)[C@@H](CCCN1C(=O)c2ccc(NC(=O)[C@H](C)NC(=O)[C@@H](NC(=O)OC(C)(C)C)C(C)C)cc2C1=O)c1ccc(C(=O)NNC(=O)Cc2cnc3nc(N)nc(N)c3n2)cc1. The summed E-state index contributed by atoms with van der Waals surface area (Å²) in [5.41, 5.74) is 16.9. The highest BCUT2D eigenvalue weighted by molar-refractivity contribution is 6.22. The maximum Gasteiger partial charge on any atom is 0.408 e. The van der Waals surface area contributed by atoms with Crippen LogP contribution in [0.1, 0.15) is 103 Å². The van der Waals surface area contributed by atoms with E-state index in [1.54, 1.807) is 46.8 Å². The zero-order valence-corrected chi connectivity index (χ0v) is 36.2. The molecule has 2 aromatic heterocycles. The second kappa shape index (κ2) is 19.9. The molecule has 0 aliphatic carbocycles. The summed E-state index contributed by atoms with van der Waals surface area (Å²) < 4.78 is 10.3. The molecule has 5 rings (SSSR count). The van der Waals surface area contributed by atoms with Crippen molar-refractivity contribution in [1.82, 2.24) is 46.3 Å². The Labute approximate surface area is 367 Å². The Hall–Kier alpha value is -7.78. The topological polar surface area (TPSA) is 322 Å². The van der Waals surface area contributed by atoms with E-state index in [-0.39, 0.29) is 82.7 Å². The molecule has 0 bridgehead atoms. The molecule has 0 unspecified atom stereocenters. The maximum atomic E-state index is 13.4. The van der Waals surface area contributed by atoms with Crippen molar-refractivity contribution in [2.75, 3.05) is 30.4 Å². The van der Waals surface area contributed by atoms with Crippen molar-refractivity contribution in [3.8, 4) is 0 Å². The largest absolute Gasteiger partial charge is 0.469 e. The van der Waals surface area contributed by atoms with Gasteiger partial charge in [0.05, 0.1) is 42.5 Å². The van der Waals surface area contributed by atoms with Crippen LogP contribution in [0.15, 0.2) is 48.7 Å². The molecule has 0 fully saturated rings. The minimum Gasteiger partial charge on any atom is -0.469 e. The lowest BCUT2D eigenvalue weighted by molar-refractivity contribution is -0.142. The van der Waals surface area contributed by atoms with Gasteiger partial charge < -0.3 is 36.9 Å². The fourth-order valence-corrected chi connectivity index (χ4v) is 6.52. The van der Waals surface area contributed by atoms with Crippen molar-refractivity contribution in [2.45, 2.75) is 84.4 Å². The van der Waals surface area contributed by atoms with Crippen LogP contribution in [0, 0.1) is 5.92 Å². The average molecular weight is 883 g/mol. The number of carbonyl (C=O) groups excluding carboxylic acids is 8. The third kappa shape index (κ3) is 11.8. The maximum absolute atomic E-state index is 13.4. The fraction of sp³-hybridized carbons (Fsp3) is 0.381. The lowest BCUT2D eigenvalue weighted by Crippen LogP contribution is -2.54. The number of nitrogen functional groups attached to an aromatic ring is 2. The molecular weight excluding hydrogens is 833 g/mol. The number of hydrogen-bond acceptors (Lipinski definition) is 16. The molecule has 4 aromatic rings. The highest BCUT2D eigenvalue weighted by Gasteiger charge is 2.36. The number of hydrogen-bond donors (Lipinski definition) is 7. The molecule has 0 radical (unpaired) electrons. The monoisotopic (exact) mass is 882 g/mol. The van der Waals surface area contributed by atoms with Gasteiger partial charge in [0.15, 0.2) is 17.0 Å². The highest BCUT2D eigenvalue weighted by Crippen LogP contribution is 2.29. The number of fused-ring (bicyclic) bond motifs is 2. The molecule has 9 N–H and O–H groups in total. The van der Waals surface area contributed by atoms with E-state index >= 15 is 0 Å². The first-order valence-corrected chi connectivity index (χ1v) is 20.1. The third-order valence-corrected chi connectivity index (χ3v) is 9.71. The van der Waals surface area contributed by atoms with E-state index in [1.165, 1.54) is 50.6 Å². The Kier molecular flexibility index (Phi) is 14.7. The average Bonchev–Trinajstić information content (AvgIpc) is 3.46. The van der Waals surface area contributed by atoms with Crippen LogP contribution in [-0.4, -0.2) is 104 Å². The molecule has 2 aromatic carbocycles. The lowest BCUT2D eigenvalue weighted by Gasteiger charge is -2.26. The predicted octanol–water partition coefficient (Wildman–Crippen LogP) is 1.91. The normalized spacial score (nSPS) is 13.7. The number of methoxy groups -OCH3 is 1. The van der Waals surface area contributed by atoms with E-state index in [0.29, 0.717) is 5.56 Å². The Morgan fingerprint density at radius 1 is 0.844 bits per heavy atom. The number of amides is 7. The molecule has 1 aliphatic heterocycles. The van der Waals surface area contributed by atoms with Crippen LogP contribution < -0.4 is 38.3 Å². The van der Waals surface area contributed by atoms with Gasteiger partial charge in [0, 0.05) is 17.8 Å². The smallest absolute Gasteiger partial charge is 0.408 e. The summed E-state index contributed by atoms with van der Waals surface area (Å²) >= 11 is 0. The molecular formula is C42H50N12O10. The quantitative estimate of drug-likeness (QED) is 0.0509. The van der Waals surface area contributed by atoms with E-state index in [0.717, 1.165) is 4.90 Å². The van der Waals surface area contributed by atoms with Gasteiger partial charge in [0.1, 0.15) is 17.7 Å². The Balaban J connectivity index is 1.12. The van der Waals surface area contributed by atoms with Crippen LogP contribution in [0.5, 0.6) is 0 Å². The number of carbonyl (C=O) groups is 8. The number of esters is 1. The van der Waals surface area contributed by atoms with E-state index in [1.807, 2.05) is 0 Å². The molecule has 22 heteroatoms. The van der Waals surface area contributed by atoms with Gasteiger partial charge in [0.25, 0.3) is 17.7 Å². The number of rotatable bonds is 15. The first kappa shape index (κ1) is 47.3. The summed E-state index contributed by atoms with van der Waals surface area (Å²) in [5, 5.41) is 7.76. The second-order valence-electron chi connectivity index (χ2n) is 16.1. The lowest BCUT2D eigenvalue weighted by atomic mass is 9.93. The zero-order valence-electron chi connectivity index (χ0n) is 36.2. The molecule has 3 atom stereocenters. The summed E-state index contributed by atoms with van der Waals surface area (Å²) in [6.45, 7) is 9.93. The summed E-state index contributed by atoms with van der Waals surface area (Å²) in [5.74, 6) is -5.43. The summed E-state index contributed by atoms with van der Waals surface area (Å²) in [4.78, 5) is 121.